The van der Waals surface area contributed by atoms with Crippen LogP contribution in [-0.2, 0) is 7.05 Å². The molecule has 8 nitrogen and oxygen atoms in total. The number of aromatic nitrogens is 1. The summed E-state index contributed by atoms with van der Waals surface area (Å²) in [5.41, 5.74) is 2.18. The number of hydrazine groups is 2. The zero-order valence-corrected chi connectivity index (χ0v) is 11.6. The highest BCUT2D eigenvalue weighted by atomic mass is 32.2. The lowest BCUT2D eigenvalue weighted by atomic mass is 10.5. The molecule has 1 aromatic rings. The van der Waals surface area contributed by atoms with Gasteiger partial charge < -0.3 is 9.99 Å². The molecule has 1 heterocycles. The monoisotopic (exact) mass is 306 g/mol. The summed E-state index contributed by atoms with van der Waals surface area (Å²) >= 11 is 10.8. The number of hydrogen-bond acceptors (Lipinski definition) is 7. The summed E-state index contributed by atoms with van der Waals surface area (Å²) in [4.78, 5) is 10.1. The molecule has 0 saturated heterocycles. The van der Waals surface area contributed by atoms with Gasteiger partial charge in [-0.3, -0.25) is 10.1 Å². The molecule has 0 aromatic carbocycles. The van der Waals surface area contributed by atoms with Crippen LogP contribution in [0.1, 0.15) is 0 Å². The van der Waals surface area contributed by atoms with Crippen molar-refractivity contribution in [2.24, 2.45) is 18.7 Å². The smallest absolute Gasteiger partial charge is 0.289 e. The summed E-state index contributed by atoms with van der Waals surface area (Å²) in [6.45, 7) is 0. The maximum atomic E-state index is 10.6. The lowest BCUT2D eigenvalue weighted by Gasteiger charge is -2.18. The molecular formula is C7H10N6O2S3. The lowest BCUT2D eigenvalue weighted by Crippen LogP contribution is -2.38. The van der Waals surface area contributed by atoms with Crippen LogP contribution in [0.25, 0.3) is 0 Å². The average Bonchev–Trinajstić information content (AvgIpc) is 2.70. The first-order valence-electron chi connectivity index (χ1n) is 4.44. The molecule has 0 aliphatic carbocycles. The van der Waals surface area contributed by atoms with Crippen LogP contribution in [0, 0.1) is 10.1 Å². The molecular weight excluding hydrogens is 296 g/mol. The predicted molar refractivity (Wildman–Crippen MR) is 78.8 cm³/mol. The number of rotatable bonds is 2. The molecule has 0 radical (unpaired) electrons. The molecule has 0 atom stereocenters. The van der Waals surface area contributed by atoms with E-state index < -0.39 is 4.92 Å². The van der Waals surface area contributed by atoms with E-state index >= 15 is 0 Å². The minimum absolute atomic E-state index is 0.0738. The fraction of sp³-hybridized carbons (Fsp3) is 0.143. The highest BCUT2D eigenvalue weighted by molar-refractivity contribution is 8.38. The van der Waals surface area contributed by atoms with Crippen LogP contribution < -0.4 is 22.1 Å². The van der Waals surface area contributed by atoms with Crippen molar-refractivity contribution in [3.8, 4) is 0 Å². The van der Waals surface area contributed by atoms with Gasteiger partial charge in [0.25, 0.3) is 5.69 Å². The molecule has 0 fully saturated rings. The molecule has 0 unspecified atom stereocenters. The molecule has 0 saturated carbocycles. The Morgan fingerprint density at radius 2 is 2.28 bits per heavy atom. The topological polar surface area (TPSA) is 115 Å². The van der Waals surface area contributed by atoms with Crippen LogP contribution in [0.5, 0.6) is 0 Å². The second kappa shape index (κ2) is 6.06. The maximum Gasteiger partial charge on any atom is 0.289 e. The van der Waals surface area contributed by atoms with E-state index in [2.05, 4.69) is 5.43 Å². The van der Waals surface area contributed by atoms with Gasteiger partial charge in [0.05, 0.1) is 17.2 Å². The number of nitrogens with one attached hydrogen (secondary N) is 1. The number of aryl methyl sites for hydroxylation is 1. The Balaban J connectivity index is 2.89. The molecule has 0 spiro atoms. The van der Waals surface area contributed by atoms with Gasteiger partial charge in [0, 0.05) is 7.05 Å². The SMILES string of the molecule is Cn1cc([N+](=O)[O-])cc1N(N)C(=S)SC(=S)NN. The second-order valence-electron chi connectivity index (χ2n) is 3.09. The van der Waals surface area contributed by atoms with Crippen LogP contribution >= 0.6 is 36.2 Å². The molecule has 1 rings (SSSR count). The van der Waals surface area contributed by atoms with Gasteiger partial charge >= 0.3 is 0 Å². The molecule has 0 amide bonds. The zero-order valence-electron chi connectivity index (χ0n) is 9.19. The van der Waals surface area contributed by atoms with E-state index in [4.69, 9.17) is 36.1 Å². The molecule has 0 aliphatic heterocycles. The van der Waals surface area contributed by atoms with Gasteiger partial charge in [0.15, 0.2) is 8.64 Å². The summed E-state index contributed by atoms with van der Waals surface area (Å²) in [5, 5.41) is 11.8. The standard InChI is InChI=1S/C7H10N6O2S3/c1-11-3-4(13(14)15)2-5(11)12(9)7(17)18-6(16)10-8/h2-3H,8-9H2,1H3,(H,10,16). The van der Waals surface area contributed by atoms with E-state index in [0.717, 1.165) is 16.8 Å². The van der Waals surface area contributed by atoms with Gasteiger partial charge in [-0.1, -0.05) is 24.4 Å². The Morgan fingerprint density at radius 1 is 1.67 bits per heavy atom. The van der Waals surface area contributed by atoms with Crippen LogP contribution in [0.15, 0.2) is 12.3 Å². The van der Waals surface area contributed by atoms with Gasteiger partial charge in [-0.15, -0.1) is 0 Å². The van der Waals surface area contributed by atoms with Crippen LogP contribution in [0.2, 0.25) is 0 Å². The van der Waals surface area contributed by atoms with E-state index in [-0.39, 0.29) is 14.3 Å². The summed E-state index contributed by atoms with van der Waals surface area (Å²) in [6.07, 6.45) is 1.34. The van der Waals surface area contributed by atoms with Crippen LogP contribution in [0.3, 0.4) is 0 Å². The minimum atomic E-state index is -0.514. The van der Waals surface area contributed by atoms with Crippen molar-refractivity contribution in [3.63, 3.8) is 0 Å². The molecule has 0 bridgehead atoms. The average molecular weight is 306 g/mol. The lowest BCUT2D eigenvalue weighted by molar-refractivity contribution is -0.384. The first-order valence-corrected chi connectivity index (χ1v) is 6.08. The summed E-state index contributed by atoms with van der Waals surface area (Å²) in [5.74, 6) is 11.2. The number of anilines is 1. The van der Waals surface area contributed by atoms with Gasteiger partial charge in [-0.25, -0.2) is 16.7 Å². The van der Waals surface area contributed by atoms with Gasteiger partial charge in [0.1, 0.15) is 5.82 Å². The largest absolute Gasteiger partial charge is 0.330 e. The highest BCUT2D eigenvalue weighted by Crippen LogP contribution is 2.23. The zero-order chi connectivity index (χ0) is 13.9. The van der Waals surface area contributed by atoms with Gasteiger partial charge in [-0.05, 0) is 11.8 Å². The van der Waals surface area contributed by atoms with Crippen molar-refractivity contribution in [2.75, 3.05) is 5.01 Å². The Morgan fingerprint density at radius 3 is 2.72 bits per heavy atom. The van der Waals surface area contributed by atoms with Crippen LogP contribution in [-0.4, -0.2) is 18.1 Å². The molecule has 1 aromatic heterocycles. The van der Waals surface area contributed by atoms with E-state index in [1.807, 2.05) is 0 Å². The Kier molecular flexibility index (Phi) is 4.98. The molecule has 0 aliphatic rings. The fourth-order valence-electron chi connectivity index (χ4n) is 1.13. The first kappa shape index (κ1) is 14.8. The number of nitrogens with zero attached hydrogens (tertiary/aromatic N) is 3. The Labute approximate surface area is 117 Å². The third-order valence-electron chi connectivity index (χ3n) is 1.92. The van der Waals surface area contributed by atoms with E-state index in [0.29, 0.717) is 5.82 Å². The number of nitrogens with two attached hydrogens (primary N) is 2. The minimum Gasteiger partial charge on any atom is -0.330 e. The Hall–Kier alpha value is -1.27. The van der Waals surface area contributed by atoms with Crippen molar-refractivity contribution in [2.45, 2.75) is 0 Å². The molecule has 11 heteroatoms. The van der Waals surface area contributed by atoms with E-state index in [1.165, 1.54) is 16.8 Å². The normalized spacial score (nSPS) is 9.94. The quantitative estimate of drug-likeness (QED) is 0.308. The molecule has 5 N–H and O–H groups in total. The third kappa shape index (κ3) is 3.36. The summed E-state index contributed by atoms with van der Waals surface area (Å²) in [6, 6.07) is 1.31. The molecule has 98 valence electrons. The van der Waals surface area contributed by atoms with Crippen molar-refractivity contribution in [3.05, 3.63) is 22.4 Å². The van der Waals surface area contributed by atoms with Gasteiger partial charge in [0.2, 0.25) is 0 Å². The van der Waals surface area contributed by atoms with Gasteiger partial charge in [-0.2, -0.15) is 0 Å². The second-order valence-corrected chi connectivity index (χ2v) is 5.41. The van der Waals surface area contributed by atoms with E-state index in [9.17, 15) is 10.1 Å². The third-order valence-corrected chi connectivity index (χ3v) is 3.41. The van der Waals surface area contributed by atoms with Crippen molar-refractivity contribution in [1.29, 1.82) is 0 Å². The number of thioether (sulfide) groups is 1. The number of hydrogen-bond donors (Lipinski definition) is 3. The van der Waals surface area contributed by atoms with Crippen molar-refractivity contribution >= 4 is 56.3 Å². The summed E-state index contributed by atoms with van der Waals surface area (Å²) in [7, 11) is 1.62. The van der Waals surface area contributed by atoms with Crippen molar-refractivity contribution < 1.29 is 4.92 Å². The molecule has 18 heavy (non-hydrogen) atoms. The van der Waals surface area contributed by atoms with Crippen LogP contribution in [0.4, 0.5) is 11.5 Å². The van der Waals surface area contributed by atoms with E-state index in [1.54, 1.807) is 7.05 Å². The Bertz CT molecular complexity index is 501. The predicted octanol–water partition coefficient (Wildman–Crippen LogP) is 0.380. The number of thiocarbonyl (C=S) groups is 2. The summed E-state index contributed by atoms with van der Waals surface area (Å²) < 4.78 is 1.96. The fourth-order valence-corrected chi connectivity index (χ4v) is 2.27. The first-order chi connectivity index (χ1) is 8.36. The highest BCUT2D eigenvalue weighted by Gasteiger charge is 2.18. The maximum absolute atomic E-state index is 10.6. The van der Waals surface area contributed by atoms with Crippen molar-refractivity contribution in [1.82, 2.24) is 9.99 Å². The number of nitro groups is 1.